The van der Waals surface area contributed by atoms with Crippen molar-refractivity contribution in [1.82, 2.24) is 5.01 Å². The Bertz CT molecular complexity index is 2160. The highest BCUT2D eigenvalue weighted by Crippen LogP contribution is 2.64. The summed E-state index contributed by atoms with van der Waals surface area (Å²) in [5.41, 5.74) is 6.70. The molecule has 3 fully saturated rings. The lowest BCUT2D eigenvalue weighted by molar-refractivity contribution is -0.138. The van der Waals surface area contributed by atoms with Gasteiger partial charge in [0, 0.05) is 10.9 Å². The number of nitrogens with zero attached hydrogens (tertiary/aromatic N) is 2. The molecule has 2 N–H and O–H groups in total. The number of phenolic OH excluding ortho intramolecular Hbond substituents is 1. The van der Waals surface area contributed by atoms with Gasteiger partial charge in [0.2, 0.25) is 11.8 Å². The summed E-state index contributed by atoms with van der Waals surface area (Å²) in [6.07, 6.45) is 3.25. The lowest BCUT2D eigenvalue weighted by atomic mass is 9.49. The zero-order chi connectivity index (χ0) is 36.6. The van der Waals surface area contributed by atoms with Crippen molar-refractivity contribution in [3.05, 3.63) is 135 Å². The van der Waals surface area contributed by atoms with Crippen LogP contribution in [0.4, 0.5) is 15.8 Å². The van der Waals surface area contributed by atoms with Crippen molar-refractivity contribution in [2.45, 2.75) is 51.4 Å². The molecule has 2 aliphatic heterocycles. The number of amides is 4. The number of aryl methyl sites for hydroxylation is 3. The van der Waals surface area contributed by atoms with Crippen LogP contribution >= 0.6 is 11.6 Å². The van der Waals surface area contributed by atoms with Crippen LogP contribution in [0.2, 0.25) is 5.02 Å². The number of hydrogen-bond acceptors (Lipinski definition) is 6. The minimum Gasteiger partial charge on any atom is -0.507 e. The number of halogens is 2. The molecule has 6 unspecified atom stereocenters. The van der Waals surface area contributed by atoms with E-state index in [1.165, 1.54) is 29.2 Å². The van der Waals surface area contributed by atoms with E-state index in [4.69, 9.17) is 11.6 Å². The van der Waals surface area contributed by atoms with Crippen molar-refractivity contribution in [3.63, 3.8) is 0 Å². The first-order valence-electron chi connectivity index (χ1n) is 17.6. The molecule has 1 saturated carbocycles. The molecule has 6 atom stereocenters. The van der Waals surface area contributed by atoms with Crippen LogP contribution in [-0.2, 0) is 31.0 Å². The maximum Gasteiger partial charge on any atom is 0.260 e. The number of rotatable bonds is 6. The SMILES string of the molecule is CCc1ccc(N2C(=O)C3CC=C4C(CC5C(=O)N(Nc6ccc(F)cc6)C(=O)C5(c5ccc(Cl)cc5)C4c4cc(C)c(O)c(C)c4)C3C2=O)cc1. The maximum absolute atomic E-state index is 15.3. The lowest BCUT2D eigenvalue weighted by Crippen LogP contribution is -2.53. The predicted molar refractivity (Wildman–Crippen MR) is 195 cm³/mol. The van der Waals surface area contributed by atoms with Gasteiger partial charge in [-0.3, -0.25) is 29.5 Å². The minimum absolute atomic E-state index is 0.126. The van der Waals surface area contributed by atoms with Crippen molar-refractivity contribution < 1.29 is 28.7 Å². The Morgan fingerprint density at radius 1 is 0.865 bits per heavy atom. The molecule has 0 spiro atoms. The summed E-state index contributed by atoms with van der Waals surface area (Å²) < 4.78 is 13.9. The molecule has 8 nitrogen and oxygen atoms in total. The van der Waals surface area contributed by atoms with E-state index in [1.54, 1.807) is 50.2 Å². The molecule has 2 saturated heterocycles. The van der Waals surface area contributed by atoms with Gasteiger partial charge in [0.1, 0.15) is 11.6 Å². The summed E-state index contributed by atoms with van der Waals surface area (Å²) in [5.74, 6) is -5.56. The summed E-state index contributed by atoms with van der Waals surface area (Å²) >= 11 is 6.38. The van der Waals surface area contributed by atoms with Gasteiger partial charge >= 0.3 is 0 Å². The van der Waals surface area contributed by atoms with Crippen LogP contribution in [0.3, 0.4) is 0 Å². The molecule has 264 valence electrons. The molecule has 4 aliphatic rings. The van der Waals surface area contributed by atoms with E-state index in [2.05, 4.69) is 5.43 Å². The summed E-state index contributed by atoms with van der Waals surface area (Å²) in [4.78, 5) is 60.0. The summed E-state index contributed by atoms with van der Waals surface area (Å²) in [5, 5.41) is 12.3. The number of nitrogens with one attached hydrogen (secondary N) is 1. The molecule has 4 amide bonds. The fraction of sp³-hybridized carbons (Fsp3) is 0.286. The number of allylic oxidation sites excluding steroid dienone is 2. The highest BCUT2D eigenvalue weighted by molar-refractivity contribution is 6.30. The van der Waals surface area contributed by atoms with E-state index in [9.17, 15) is 23.9 Å². The maximum atomic E-state index is 15.3. The van der Waals surface area contributed by atoms with E-state index < -0.39 is 52.6 Å². The fourth-order valence-electron chi connectivity index (χ4n) is 9.32. The number of aromatic hydroxyl groups is 1. The van der Waals surface area contributed by atoms with E-state index in [0.717, 1.165) is 22.6 Å². The second-order valence-corrected chi connectivity index (χ2v) is 14.8. The van der Waals surface area contributed by atoms with Gasteiger partial charge in [-0.25, -0.2) is 4.39 Å². The molecule has 0 aromatic heterocycles. The summed E-state index contributed by atoms with van der Waals surface area (Å²) in [6.45, 7) is 5.61. The molecule has 4 aromatic rings. The number of hydrazine groups is 1. The Labute approximate surface area is 305 Å². The zero-order valence-corrected chi connectivity index (χ0v) is 29.7. The van der Waals surface area contributed by atoms with Gasteiger partial charge in [0.15, 0.2) is 0 Å². The molecule has 0 bridgehead atoms. The van der Waals surface area contributed by atoms with Crippen molar-refractivity contribution in [2.24, 2.45) is 23.7 Å². The van der Waals surface area contributed by atoms with Gasteiger partial charge in [-0.1, -0.05) is 66.6 Å². The third-order valence-corrected chi connectivity index (χ3v) is 12.0. The van der Waals surface area contributed by atoms with Crippen LogP contribution in [0.25, 0.3) is 0 Å². The van der Waals surface area contributed by atoms with Gasteiger partial charge in [-0.2, -0.15) is 5.01 Å². The topological polar surface area (TPSA) is 107 Å². The van der Waals surface area contributed by atoms with Gasteiger partial charge in [-0.15, -0.1) is 0 Å². The van der Waals surface area contributed by atoms with Crippen LogP contribution in [0.1, 0.15) is 53.5 Å². The second kappa shape index (κ2) is 12.4. The summed E-state index contributed by atoms with van der Waals surface area (Å²) in [6, 6.07) is 23.4. The second-order valence-electron chi connectivity index (χ2n) is 14.4. The van der Waals surface area contributed by atoms with E-state index in [0.29, 0.717) is 38.7 Å². The lowest BCUT2D eigenvalue weighted by Gasteiger charge is -2.50. The van der Waals surface area contributed by atoms with Crippen LogP contribution in [0.15, 0.2) is 96.6 Å². The number of carbonyl (C=O) groups excluding carboxylic acids is 4. The zero-order valence-electron chi connectivity index (χ0n) is 28.9. The molecule has 2 heterocycles. The third-order valence-electron chi connectivity index (χ3n) is 11.7. The van der Waals surface area contributed by atoms with Crippen LogP contribution < -0.4 is 10.3 Å². The Hall–Kier alpha value is -5.28. The fourth-order valence-corrected chi connectivity index (χ4v) is 9.45. The van der Waals surface area contributed by atoms with E-state index in [-0.39, 0.29) is 30.4 Å². The standard InChI is InChI=1S/C42H37ClFN3O5/c1-4-24-5-15-30(16-6-24)46-38(49)32-18-17-31-33(35(32)40(46)51)21-34-39(50)47(45-29-13-11-28(44)12-14-29)41(52)42(34,26-7-9-27(43)10-8-26)36(31)25-19-22(2)37(48)23(3)20-25/h5-17,19-20,32-36,45,48H,4,18,21H2,1-3H3. The molecule has 10 heteroatoms. The third kappa shape index (κ3) is 4.93. The van der Waals surface area contributed by atoms with Gasteiger partial charge in [-0.05, 0) is 115 Å². The van der Waals surface area contributed by atoms with Crippen molar-refractivity contribution in [2.75, 3.05) is 10.3 Å². The van der Waals surface area contributed by atoms with Gasteiger partial charge in [0.25, 0.3) is 11.8 Å². The average Bonchev–Trinajstić information content (AvgIpc) is 3.52. The normalized spacial score (nSPS) is 26.6. The molecule has 8 rings (SSSR count). The van der Waals surface area contributed by atoms with Crippen molar-refractivity contribution in [3.8, 4) is 5.75 Å². The van der Waals surface area contributed by atoms with Crippen LogP contribution in [0, 0.1) is 43.3 Å². The van der Waals surface area contributed by atoms with Crippen LogP contribution in [0.5, 0.6) is 5.75 Å². The Kier molecular flexibility index (Phi) is 8.10. The molecule has 52 heavy (non-hydrogen) atoms. The number of imide groups is 2. The average molecular weight is 718 g/mol. The van der Waals surface area contributed by atoms with Crippen molar-refractivity contribution in [1.29, 1.82) is 0 Å². The number of anilines is 2. The number of fused-ring (bicyclic) bond motifs is 4. The molecular formula is C42H37ClFN3O5. The highest BCUT2D eigenvalue weighted by atomic mass is 35.5. The molecule has 2 aliphatic carbocycles. The number of phenols is 1. The highest BCUT2D eigenvalue weighted by Gasteiger charge is 2.70. The van der Waals surface area contributed by atoms with Crippen LogP contribution in [-0.4, -0.2) is 33.7 Å². The van der Waals surface area contributed by atoms with E-state index in [1.807, 2.05) is 37.3 Å². The van der Waals surface area contributed by atoms with Gasteiger partial charge < -0.3 is 5.11 Å². The smallest absolute Gasteiger partial charge is 0.260 e. The van der Waals surface area contributed by atoms with Gasteiger partial charge in [0.05, 0.1) is 34.5 Å². The Morgan fingerprint density at radius 2 is 1.52 bits per heavy atom. The first-order valence-corrected chi connectivity index (χ1v) is 18.0. The first-order chi connectivity index (χ1) is 24.9. The quantitative estimate of drug-likeness (QED) is 0.158. The molecule has 4 aromatic carbocycles. The molecular weight excluding hydrogens is 681 g/mol. The monoisotopic (exact) mass is 717 g/mol. The van der Waals surface area contributed by atoms with E-state index >= 15 is 4.79 Å². The minimum atomic E-state index is -1.50. The predicted octanol–water partition coefficient (Wildman–Crippen LogP) is 7.55. The number of benzene rings is 4. The largest absolute Gasteiger partial charge is 0.507 e. The molecule has 0 radical (unpaired) electrons. The number of hydrogen-bond donors (Lipinski definition) is 2. The first kappa shape index (κ1) is 33.8. The number of carbonyl (C=O) groups is 4. The Balaban J connectivity index is 1.32. The summed E-state index contributed by atoms with van der Waals surface area (Å²) in [7, 11) is 0. The van der Waals surface area contributed by atoms with Crippen molar-refractivity contribution >= 4 is 46.6 Å². The Morgan fingerprint density at radius 3 is 2.15 bits per heavy atom.